The standard InChI is InChI=1S/C19H29N3O4/c1-19(2,3)26-18(24)21(4)14-9-8-12-22(13-14)17(23)20-15-10-6-7-11-16(15)25-5/h6-7,10-11,14H,8-9,12-13H2,1-5H3,(H,20,23)/t14-/m0/s1. The number of amides is 3. The van der Waals surface area contributed by atoms with Crippen molar-refractivity contribution in [3.63, 3.8) is 0 Å². The van der Waals surface area contributed by atoms with E-state index in [1.807, 2.05) is 32.9 Å². The van der Waals surface area contributed by atoms with E-state index in [1.54, 1.807) is 36.1 Å². The average Bonchev–Trinajstić information content (AvgIpc) is 2.60. The molecule has 0 spiro atoms. The SMILES string of the molecule is COc1ccccc1NC(=O)N1CCC[C@H](N(C)C(=O)OC(C)(C)C)C1. The van der Waals surface area contributed by atoms with Gasteiger partial charge >= 0.3 is 12.1 Å². The second kappa shape index (κ2) is 8.29. The van der Waals surface area contributed by atoms with Crippen molar-refractivity contribution in [1.82, 2.24) is 9.80 Å². The van der Waals surface area contributed by atoms with Gasteiger partial charge in [0.1, 0.15) is 11.4 Å². The lowest BCUT2D eigenvalue weighted by molar-refractivity contribution is 0.0158. The molecule has 0 saturated carbocycles. The molecule has 7 nitrogen and oxygen atoms in total. The molecule has 0 unspecified atom stereocenters. The molecular weight excluding hydrogens is 334 g/mol. The summed E-state index contributed by atoms with van der Waals surface area (Å²) in [5.41, 5.74) is 0.0867. The number of ether oxygens (including phenoxy) is 2. The number of benzene rings is 1. The van der Waals surface area contributed by atoms with E-state index in [4.69, 9.17) is 9.47 Å². The molecule has 1 aromatic rings. The highest BCUT2D eigenvalue weighted by Crippen LogP contribution is 2.24. The van der Waals surface area contributed by atoms with Gasteiger partial charge in [-0.05, 0) is 45.7 Å². The second-order valence-electron chi connectivity index (χ2n) is 7.46. The number of rotatable bonds is 3. The van der Waals surface area contributed by atoms with Crippen molar-refractivity contribution >= 4 is 17.8 Å². The Morgan fingerprint density at radius 1 is 1.27 bits per heavy atom. The fourth-order valence-corrected chi connectivity index (χ4v) is 2.88. The molecule has 26 heavy (non-hydrogen) atoms. The van der Waals surface area contributed by atoms with Crippen molar-refractivity contribution in [2.45, 2.75) is 45.3 Å². The van der Waals surface area contributed by atoms with Gasteiger partial charge in [-0.25, -0.2) is 9.59 Å². The molecule has 0 aromatic heterocycles. The van der Waals surface area contributed by atoms with Gasteiger partial charge in [0.15, 0.2) is 0 Å². The minimum atomic E-state index is -0.541. The van der Waals surface area contributed by atoms with Crippen molar-refractivity contribution < 1.29 is 19.1 Å². The lowest BCUT2D eigenvalue weighted by Crippen LogP contribution is -2.52. The van der Waals surface area contributed by atoms with Crippen molar-refractivity contribution in [1.29, 1.82) is 0 Å². The van der Waals surface area contributed by atoms with Gasteiger partial charge in [0.05, 0.1) is 18.8 Å². The number of methoxy groups -OCH3 is 1. The molecule has 1 fully saturated rings. The fourth-order valence-electron chi connectivity index (χ4n) is 2.88. The number of nitrogens with zero attached hydrogens (tertiary/aromatic N) is 2. The average molecular weight is 363 g/mol. The Kier molecular flexibility index (Phi) is 6.34. The van der Waals surface area contributed by atoms with Crippen LogP contribution in [0.15, 0.2) is 24.3 Å². The van der Waals surface area contributed by atoms with Crippen LogP contribution in [0.2, 0.25) is 0 Å². The number of piperidine rings is 1. The quantitative estimate of drug-likeness (QED) is 0.891. The number of hydrogen-bond acceptors (Lipinski definition) is 4. The maximum Gasteiger partial charge on any atom is 0.410 e. The number of nitrogens with one attached hydrogen (secondary N) is 1. The normalized spacial score (nSPS) is 17.4. The number of anilines is 1. The first kappa shape index (κ1) is 19.9. The van der Waals surface area contributed by atoms with E-state index in [2.05, 4.69) is 5.32 Å². The number of carbonyl (C=O) groups is 2. The highest BCUT2D eigenvalue weighted by atomic mass is 16.6. The Morgan fingerprint density at radius 3 is 2.62 bits per heavy atom. The topological polar surface area (TPSA) is 71.1 Å². The minimum Gasteiger partial charge on any atom is -0.495 e. The third-order valence-corrected chi connectivity index (χ3v) is 4.26. The van der Waals surface area contributed by atoms with Gasteiger partial charge in [-0.3, -0.25) is 0 Å². The lowest BCUT2D eigenvalue weighted by atomic mass is 10.1. The summed E-state index contributed by atoms with van der Waals surface area (Å²) in [5.74, 6) is 0.611. The maximum absolute atomic E-state index is 12.6. The van der Waals surface area contributed by atoms with Gasteiger partial charge in [-0.2, -0.15) is 0 Å². The van der Waals surface area contributed by atoms with Crippen LogP contribution >= 0.6 is 0 Å². The smallest absolute Gasteiger partial charge is 0.410 e. The molecule has 0 aliphatic carbocycles. The maximum atomic E-state index is 12.6. The first-order valence-corrected chi connectivity index (χ1v) is 8.86. The van der Waals surface area contributed by atoms with Crippen LogP contribution in [-0.2, 0) is 4.74 Å². The monoisotopic (exact) mass is 363 g/mol. The summed E-state index contributed by atoms with van der Waals surface area (Å²) in [6, 6.07) is 7.02. The van der Waals surface area contributed by atoms with Gasteiger partial charge in [0.2, 0.25) is 0 Å². The molecule has 144 valence electrons. The molecule has 7 heteroatoms. The second-order valence-corrected chi connectivity index (χ2v) is 7.46. The predicted octanol–water partition coefficient (Wildman–Crippen LogP) is 3.56. The third-order valence-electron chi connectivity index (χ3n) is 4.26. The Hall–Kier alpha value is -2.44. The van der Waals surface area contributed by atoms with Crippen molar-refractivity contribution in [2.75, 3.05) is 32.6 Å². The molecule has 1 heterocycles. The number of urea groups is 1. The van der Waals surface area contributed by atoms with Gasteiger partial charge in [-0.1, -0.05) is 12.1 Å². The highest BCUT2D eigenvalue weighted by Gasteiger charge is 2.31. The summed E-state index contributed by atoms with van der Waals surface area (Å²) < 4.78 is 10.7. The number of para-hydroxylation sites is 2. The molecular formula is C19H29N3O4. The Morgan fingerprint density at radius 2 is 1.96 bits per heavy atom. The van der Waals surface area contributed by atoms with Crippen molar-refractivity contribution in [3.8, 4) is 5.75 Å². The summed E-state index contributed by atoms with van der Waals surface area (Å²) in [5, 5.41) is 2.89. The molecule has 1 aliphatic rings. The van der Waals surface area contributed by atoms with E-state index in [0.29, 0.717) is 24.5 Å². The molecule has 3 amide bonds. The van der Waals surface area contributed by atoms with Crippen molar-refractivity contribution in [2.24, 2.45) is 0 Å². The lowest BCUT2D eigenvalue weighted by Gasteiger charge is -2.38. The van der Waals surface area contributed by atoms with Gasteiger partial charge in [-0.15, -0.1) is 0 Å². The van der Waals surface area contributed by atoms with E-state index in [-0.39, 0.29) is 18.2 Å². The molecule has 1 N–H and O–H groups in total. The van der Waals surface area contributed by atoms with Crippen LogP contribution in [0.25, 0.3) is 0 Å². The summed E-state index contributed by atoms with van der Waals surface area (Å²) in [6.07, 6.45) is 1.31. The van der Waals surface area contributed by atoms with Crippen LogP contribution in [-0.4, -0.2) is 60.8 Å². The van der Waals surface area contributed by atoms with E-state index in [1.165, 1.54) is 0 Å². The summed E-state index contributed by atoms with van der Waals surface area (Å²) >= 11 is 0. The van der Waals surface area contributed by atoms with Crippen LogP contribution in [0, 0.1) is 0 Å². The van der Waals surface area contributed by atoms with Crippen LogP contribution < -0.4 is 10.1 Å². The van der Waals surface area contributed by atoms with E-state index < -0.39 is 5.60 Å². The largest absolute Gasteiger partial charge is 0.495 e. The van der Waals surface area contributed by atoms with E-state index >= 15 is 0 Å². The molecule has 2 rings (SSSR count). The van der Waals surface area contributed by atoms with Gasteiger partial charge < -0.3 is 24.6 Å². The van der Waals surface area contributed by atoms with E-state index in [0.717, 1.165) is 12.8 Å². The number of hydrogen-bond donors (Lipinski definition) is 1. The molecule has 0 bridgehead atoms. The zero-order chi connectivity index (χ0) is 19.3. The Balaban J connectivity index is 1.98. The molecule has 1 aliphatic heterocycles. The summed E-state index contributed by atoms with van der Waals surface area (Å²) in [7, 11) is 3.29. The fraction of sp³-hybridized carbons (Fsp3) is 0.579. The first-order valence-electron chi connectivity index (χ1n) is 8.86. The zero-order valence-electron chi connectivity index (χ0n) is 16.2. The van der Waals surface area contributed by atoms with Crippen LogP contribution in [0.4, 0.5) is 15.3 Å². The van der Waals surface area contributed by atoms with E-state index in [9.17, 15) is 9.59 Å². The number of likely N-dealkylation sites (tertiary alicyclic amines) is 1. The van der Waals surface area contributed by atoms with Crippen LogP contribution in [0.3, 0.4) is 0 Å². The Bertz CT molecular complexity index is 642. The molecule has 1 aromatic carbocycles. The highest BCUT2D eigenvalue weighted by molar-refractivity contribution is 5.91. The third kappa shape index (κ3) is 5.28. The van der Waals surface area contributed by atoms with Gasteiger partial charge in [0.25, 0.3) is 0 Å². The molecule has 0 radical (unpaired) electrons. The predicted molar refractivity (Wildman–Crippen MR) is 101 cm³/mol. The Labute approximate surface area is 155 Å². The summed E-state index contributed by atoms with van der Waals surface area (Å²) in [4.78, 5) is 28.2. The number of carbonyl (C=O) groups excluding carboxylic acids is 2. The number of likely N-dealkylation sites (N-methyl/N-ethyl adjacent to an activating group) is 1. The molecule has 1 atom stereocenters. The van der Waals surface area contributed by atoms with Crippen molar-refractivity contribution in [3.05, 3.63) is 24.3 Å². The zero-order valence-corrected chi connectivity index (χ0v) is 16.2. The summed E-state index contributed by atoms with van der Waals surface area (Å²) in [6.45, 7) is 6.64. The van der Waals surface area contributed by atoms with Crippen LogP contribution in [0.1, 0.15) is 33.6 Å². The van der Waals surface area contributed by atoms with Gasteiger partial charge in [0, 0.05) is 20.1 Å². The first-order chi connectivity index (χ1) is 12.2. The minimum absolute atomic E-state index is 0.0676. The molecule has 1 saturated heterocycles. The van der Waals surface area contributed by atoms with Crippen LogP contribution in [0.5, 0.6) is 5.75 Å².